The Labute approximate surface area is 127 Å². The summed E-state index contributed by atoms with van der Waals surface area (Å²) in [7, 11) is 0. The Morgan fingerprint density at radius 1 is 1.35 bits per heavy atom. The largest absolute Gasteiger partial charge is 0.355 e. The molecule has 20 heavy (non-hydrogen) atoms. The molecule has 1 aromatic rings. The summed E-state index contributed by atoms with van der Waals surface area (Å²) in [6, 6.07) is 0.624. The van der Waals surface area contributed by atoms with Crippen molar-refractivity contribution in [3.05, 3.63) is 17.0 Å². The van der Waals surface area contributed by atoms with Crippen molar-refractivity contribution in [2.75, 3.05) is 31.1 Å². The monoisotopic (exact) mass is 296 g/mol. The Morgan fingerprint density at radius 2 is 2.05 bits per heavy atom. The molecule has 1 saturated heterocycles. The quantitative estimate of drug-likeness (QED) is 0.781. The van der Waals surface area contributed by atoms with Crippen LogP contribution in [-0.2, 0) is 0 Å². The highest BCUT2D eigenvalue weighted by molar-refractivity contribution is 6.30. The van der Waals surface area contributed by atoms with E-state index in [9.17, 15) is 0 Å². The maximum Gasteiger partial charge on any atom is 0.138 e. The number of nitrogens with zero attached hydrogens (tertiary/aromatic N) is 4. The number of halogens is 1. The van der Waals surface area contributed by atoms with E-state index in [1.165, 1.54) is 6.42 Å². The Kier molecular flexibility index (Phi) is 5.22. The van der Waals surface area contributed by atoms with Crippen LogP contribution in [0.15, 0.2) is 6.33 Å². The molecule has 1 aliphatic rings. The van der Waals surface area contributed by atoms with Gasteiger partial charge in [-0.1, -0.05) is 39.3 Å². The third kappa shape index (κ3) is 3.07. The number of aromatic nitrogens is 2. The standard InChI is InChI=1S/C15H25ClN4/c1-5-19(6-2)12-7-8-20(9-12)15-13(11(3)4)14(16)17-10-18-15/h10-12H,5-9H2,1-4H3. The van der Waals surface area contributed by atoms with Gasteiger partial charge in [0.25, 0.3) is 0 Å². The van der Waals surface area contributed by atoms with Gasteiger partial charge in [-0.15, -0.1) is 0 Å². The predicted octanol–water partition coefficient (Wildman–Crippen LogP) is 3.17. The lowest BCUT2D eigenvalue weighted by Gasteiger charge is -2.27. The molecular formula is C15H25ClN4. The summed E-state index contributed by atoms with van der Waals surface area (Å²) in [4.78, 5) is 13.5. The Hall–Kier alpha value is -0.870. The lowest BCUT2D eigenvalue weighted by atomic mass is 10.1. The second-order valence-corrected chi connectivity index (χ2v) is 6.02. The van der Waals surface area contributed by atoms with Crippen molar-refractivity contribution in [3.8, 4) is 0 Å². The summed E-state index contributed by atoms with van der Waals surface area (Å²) >= 11 is 6.27. The summed E-state index contributed by atoms with van der Waals surface area (Å²) in [6.07, 6.45) is 2.77. The lowest BCUT2D eigenvalue weighted by Crippen LogP contribution is -2.37. The van der Waals surface area contributed by atoms with Crippen molar-refractivity contribution < 1.29 is 0 Å². The predicted molar refractivity (Wildman–Crippen MR) is 84.7 cm³/mol. The maximum atomic E-state index is 6.27. The van der Waals surface area contributed by atoms with E-state index < -0.39 is 0 Å². The smallest absolute Gasteiger partial charge is 0.138 e. The van der Waals surface area contributed by atoms with E-state index in [1.807, 2.05) is 0 Å². The Bertz CT molecular complexity index is 445. The van der Waals surface area contributed by atoms with Gasteiger partial charge in [-0.05, 0) is 25.4 Å². The molecule has 0 aromatic carbocycles. The Balaban J connectivity index is 2.20. The van der Waals surface area contributed by atoms with E-state index in [2.05, 4.69) is 47.5 Å². The van der Waals surface area contributed by atoms with Crippen LogP contribution < -0.4 is 4.90 Å². The van der Waals surface area contributed by atoms with E-state index in [1.54, 1.807) is 6.33 Å². The first kappa shape index (κ1) is 15.5. The molecule has 0 amide bonds. The molecule has 5 heteroatoms. The number of hydrogen-bond donors (Lipinski definition) is 0. The molecule has 1 aromatic heterocycles. The van der Waals surface area contributed by atoms with E-state index >= 15 is 0 Å². The SMILES string of the molecule is CCN(CC)C1CCN(c2ncnc(Cl)c2C(C)C)C1. The first-order valence-corrected chi connectivity index (χ1v) is 7.95. The van der Waals surface area contributed by atoms with Crippen LogP contribution in [0.25, 0.3) is 0 Å². The molecular weight excluding hydrogens is 272 g/mol. The third-order valence-electron chi connectivity index (χ3n) is 4.18. The van der Waals surface area contributed by atoms with Crippen LogP contribution in [0, 0.1) is 0 Å². The van der Waals surface area contributed by atoms with Crippen LogP contribution in [0.5, 0.6) is 0 Å². The van der Waals surface area contributed by atoms with Gasteiger partial charge in [0, 0.05) is 24.7 Å². The fourth-order valence-electron chi connectivity index (χ4n) is 3.09. The fourth-order valence-corrected chi connectivity index (χ4v) is 3.43. The lowest BCUT2D eigenvalue weighted by molar-refractivity contribution is 0.232. The first-order valence-electron chi connectivity index (χ1n) is 7.57. The molecule has 1 atom stereocenters. The summed E-state index contributed by atoms with van der Waals surface area (Å²) in [6.45, 7) is 13.1. The van der Waals surface area contributed by atoms with Gasteiger partial charge in [0.2, 0.25) is 0 Å². The molecule has 0 saturated carbocycles. The van der Waals surface area contributed by atoms with Crippen molar-refractivity contribution in [2.24, 2.45) is 0 Å². The van der Waals surface area contributed by atoms with Gasteiger partial charge in [0.15, 0.2) is 0 Å². The zero-order valence-electron chi connectivity index (χ0n) is 12.9. The van der Waals surface area contributed by atoms with E-state index in [4.69, 9.17) is 11.6 Å². The minimum absolute atomic E-state index is 0.339. The minimum Gasteiger partial charge on any atom is -0.355 e. The summed E-state index contributed by atoms with van der Waals surface area (Å²) < 4.78 is 0. The summed E-state index contributed by atoms with van der Waals surface area (Å²) in [5.74, 6) is 1.36. The molecule has 1 aliphatic heterocycles. The third-order valence-corrected chi connectivity index (χ3v) is 4.48. The van der Waals surface area contributed by atoms with E-state index in [0.29, 0.717) is 17.1 Å². The van der Waals surface area contributed by atoms with Crippen LogP contribution in [0.4, 0.5) is 5.82 Å². The molecule has 112 valence electrons. The molecule has 1 fully saturated rings. The van der Waals surface area contributed by atoms with Crippen molar-refractivity contribution in [1.82, 2.24) is 14.9 Å². The van der Waals surface area contributed by atoms with Crippen molar-refractivity contribution in [1.29, 1.82) is 0 Å². The average molecular weight is 297 g/mol. The van der Waals surface area contributed by atoms with Crippen LogP contribution >= 0.6 is 11.6 Å². The average Bonchev–Trinajstić information content (AvgIpc) is 2.89. The van der Waals surface area contributed by atoms with Crippen molar-refractivity contribution in [3.63, 3.8) is 0 Å². The second kappa shape index (κ2) is 6.72. The van der Waals surface area contributed by atoms with E-state index in [-0.39, 0.29) is 0 Å². The molecule has 0 bridgehead atoms. The first-order chi connectivity index (χ1) is 9.58. The second-order valence-electron chi connectivity index (χ2n) is 5.67. The zero-order valence-corrected chi connectivity index (χ0v) is 13.7. The van der Waals surface area contributed by atoms with Gasteiger partial charge in [-0.25, -0.2) is 9.97 Å². The van der Waals surface area contributed by atoms with Gasteiger partial charge in [-0.2, -0.15) is 0 Å². The highest BCUT2D eigenvalue weighted by atomic mass is 35.5. The molecule has 1 unspecified atom stereocenters. The van der Waals surface area contributed by atoms with Crippen LogP contribution in [0.1, 0.15) is 45.6 Å². The normalized spacial score (nSPS) is 19.4. The Morgan fingerprint density at radius 3 is 2.65 bits per heavy atom. The molecule has 0 radical (unpaired) electrons. The van der Waals surface area contributed by atoms with Crippen LogP contribution in [-0.4, -0.2) is 47.1 Å². The number of anilines is 1. The number of rotatable bonds is 5. The molecule has 2 heterocycles. The highest BCUT2D eigenvalue weighted by Gasteiger charge is 2.29. The molecule has 0 spiro atoms. The summed E-state index contributed by atoms with van der Waals surface area (Å²) in [5, 5.41) is 0.594. The van der Waals surface area contributed by atoms with Crippen LogP contribution in [0.3, 0.4) is 0 Å². The van der Waals surface area contributed by atoms with E-state index in [0.717, 1.165) is 37.6 Å². The minimum atomic E-state index is 0.339. The number of likely N-dealkylation sites (N-methyl/N-ethyl adjacent to an activating group) is 1. The molecule has 4 nitrogen and oxygen atoms in total. The zero-order chi connectivity index (χ0) is 14.7. The van der Waals surface area contributed by atoms with Gasteiger partial charge >= 0.3 is 0 Å². The van der Waals surface area contributed by atoms with Crippen LogP contribution in [0.2, 0.25) is 5.15 Å². The van der Waals surface area contributed by atoms with Crippen molar-refractivity contribution >= 4 is 17.4 Å². The fraction of sp³-hybridized carbons (Fsp3) is 0.733. The van der Waals surface area contributed by atoms with Gasteiger partial charge < -0.3 is 4.90 Å². The van der Waals surface area contributed by atoms with Crippen molar-refractivity contribution in [2.45, 2.75) is 46.1 Å². The molecule has 0 N–H and O–H groups in total. The highest BCUT2D eigenvalue weighted by Crippen LogP contribution is 2.32. The van der Waals surface area contributed by atoms with Gasteiger partial charge in [0.05, 0.1) is 0 Å². The topological polar surface area (TPSA) is 32.3 Å². The molecule has 0 aliphatic carbocycles. The molecule has 2 rings (SSSR count). The number of hydrogen-bond acceptors (Lipinski definition) is 4. The van der Waals surface area contributed by atoms with Gasteiger partial charge in [-0.3, -0.25) is 4.90 Å². The maximum absolute atomic E-state index is 6.27. The summed E-state index contributed by atoms with van der Waals surface area (Å²) in [5.41, 5.74) is 1.08. The van der Waals surface area contributed by atoms with Gasteiger partial charge in [0.1, 0.15) is 17.3 Å².